The second-order valence-corrected chi connectivity index (χ2v) is 17.3. The number of nitrogens with zero attached hydrogens (tertiary/aromatic N) is 2. The number of hydrogen-bond acceptors (Lipinski definition) is 2. The highest BCUT2D eigenvalue weighted by Crippen LogP contribution is 2.55. The molecule has 0 radical (unpaired) electrons. The summed E-state index contributed by atoms with van der Waals surface area (Å²) in [5.41, 5.74) is 23.5. The molecule has 0 saturated carbocycles. The van der Waals surface area contributed by atoms with Crippen molar-refractivity contribution >= 4 is 44.9 Å². The summed E-state index contributed by atoms with van der Waals surface area (Å²) in [5, 5.41) is 2.44. The lowest BCUT2D eigenvalue weighted by Gasteiger charge is -2.29. The van der Waals surface area contributed by atoms with E-state index in [0.717, 1.165) is 45.3 Å². The van der Waals surface area contributed by atoms with Crippen molar-refractivity contribution in [1.82, 2.24) is 0 Å². The van der Waals surface area contributed by atoms with Crippen LogP contribution in [0.15, 0.2) is 255 Å². The van der Waals surface area contributed by atoms with Gasteiger partial charge in [-0.3, -0.25) is 0 Å². The predicted octanol–water partition coefficient (Wildman–Crippen LogP) is 18.1. The Hall–Kier alpha value is -8.72. The van der Waals surface area contributed by atoms with E-state index in [1.807, 2.05) is 0 Å². The molecule has 13 rings (SSSR count). The van der Waals surface area contributed by atoms with Crippen molar-refractivity contribution in [3.05, 3.63) is 255 Å². The summed E-state index contributed by atoms with van der Waals surface area (Å²) >= 11 is 0. The molecule has 2 aliphatic heterocycles. The Kier molecular flexibility index (Phi) is 8.89. The summed E-state index contributed by atoms with van der Waals surface area (Å²) in [7, 11) is 0. The molecule has 0 aromatic heterocycles. The highest BCUT2D eigenvalue weighted by molar-refractivity contribution is 6.06. The van der Waals surface area contributed by atoms with E-state index in [2.05, 4.69) is 265 Å². The summed E-state index contributed by atoms with van der Waals surface area (Å²) in [4.78, 5) is 4.96. The minimum absolute atomic E-state index is 1.11. The lowest BCUT2D eigenvalue weighted by atomic mass is 9.91. The number of para-hydroxylation sites is 2. The zero-order valence-corrected chi connectivity index (χ0v) is 36.1. The lowest BCUT2D eigenvalue weighted by molar-refractivity contribution is 1.29. The first-order chi connectivity index (χ1) is 32.7. The second-order valence-electron chi connectivity index (χ2n) is 17.3. The molecule has 2 aliphatic rings. The van der Waals surface area contributed by atoms with E-state index in [-0.39, 0.29) is 0 Å². The van der Waals surface area contributed by atoms with E-state index < -0.39 is 0 Å². The largest absolute Gasteiger partial charge is 0.309 e. The van der Waals surface area contributed by atoms with Crippen LogP contribution in [-0.4, -0.2) is 0 Å². The van der Waals surface area contributed by atoms with E-state index in [1.54, 1.807) is 0 Å². The third-order valence-corrected chi connectivity index (χ3v) is 13.5. The van der Waals surface area contributed by atoms with Gasteiger partial charge in [-0.05, 0) is 127 Å². The molecule has 0 amide bonds. The average Bonchev–Trinajstić information content (AvgIpc) is 3.60. The molecule has 308 valence electrons. The minimum atomic E-state index is 1.11. The predicted molar refractivity (Wildman–Crippen MR) is 278 cm³/mol. The smallest absolute Gasteiger partial charge is 0.0546 e. The summed E-state index contributed by atoms with van der Waals surface area (Å²) < 4.78 is 0. The van der Waals surface area contributed by atoms with Gasteiger partial charge in [-0.15, -0.1) is 0 Å². The van der Waals surface area contributed by atoms with Gasteiger partial charge in [0.2, 0.25) is 0 Å². The molecule has 0 spiro atoms. The molecule has 0 fully saturated rings. The van der Waals surface area contributed by atoms with Crippen LogP contribution >= 0.6 is 0 Å². The Morgan fingerprint density at radius 3 is 1.23 bits per heavy atom. The van der Waals surface area contributed by atoms with E-state index in [9.17, 15) is 0 Å². The van der Waals surface area contributed by atoms with Crippen LogP contribution in [0.4, 0.5) is 34.1 Å². The molecule has 0 N–H and O–H groups in total. The van der Waals surface area contributed by atoms with Crippen molar-refractivity contribution in [3.8, 4) is 77.9 Å². The van der Waals surface area contributed by atoms with Gasteiger partial charge < -0.3 is 9.80 Å². The van der Waals surface area contributed by atoms with Gasteiger partial charge in [0.05, 0.1) is 22.7 Å². The fourth-order valence-corrected chi connectivity index (χ4v) is 10.4. The Bertz CT molecular complexity index is 3610. The van der Waals surface area contributed by atoms with E-state index >= 15 is 0 Å². The Morgan fingerprint density at radius 1 is 0.182 bits per heavy atom. The molecular weight excluding hydrogens is 797 g/mol. The van der Waals surface area contributed by atoms with Gasteiger partial charge in [0.25, 0.3) is 0 Å². The van der Waals surface area contributed by atoms with Gasteiger partial charge in [0.1, 0.15) is 0 Å². The fraction of sp³-hybridized carbons (Fsp3) is 0. The van der Waals surface area contributed by atoms with E-state index in [0.29, 0.717) is 0 Å². The highest BCUT2D eigenvalue weighted by atomic mass is 15.2. The van der Waals surface area contributed by atoms with Gasteiger partial charge in [-0.2, -0.15) is 0 Å². The average molecular weight is 839 g/mol. The van der Waals surface area contributed by atoms with Crippen molar-refractivity contribution in [2.24, 2.45) is 0 Å². The third-order valence-electron chi connectivity index (χ3n) is 13.5. The van der Waals surface area contributed by atoms with Crippen molar-refractivity contribution in [2.45, 2.75) is 0 Å². The molecule has 0 unspecified atom stereocenters. The van der Waals surface area contributed by atoms with Gasteiger partial charge in [0.15, 0.2) is 0 Å². The van der Waals surface area contributed by atoms with E-state index in [4.69, 9.17) is 0 Å². The van der Waals surface area contributed by atoms with Crippen LogP contribution in [0.5, 0.6) is 0 Å². The maximum atomic E-state index is 2.49. The number of hydrogen-bond donors (Lipinski definition) is 0. The SMILES string of the molecule is c1ccc(-c2cc(-c3ccccc3)cc(N3c4ccccc4-c4ccccc4-c4cc(-c5ccc6c(c5)N(c5ccc7ccccc7c5)c5ccccc5-c5ccccc5-6)ccc43)c2)cc1. The molecule has 0 atom stereocenters. The summed E-state index contributed by atoms with van der Waals surface area (Å²) in [5.74, 6) is 0. The van der Waals surface area contributed by atoms with Crippen LogP contribution in [0.2, 0.25) is 0 Å². The van der Waals surface area contributed by atoms with Crippen LogP contribution in [0, 0.1) is 0 Å². The van der Waals surface area contributed by atoms with Crippen LogP contribution in [-0.2, 0) is 0 Å². The fourth-order valence-electron chi connectivity index (χ4n) is 10.4. The zero-order chi connectivity index (χ0) is 43.6. The van der Waals surface area contributed by atoms with Gasteiger partial charge >= 0.3 is 0 Å². The topological polar surface area (TPSA) is 6.48 Å². The first-order valence-electron chi connectivity index (χ1n) is 22.7. The monoisotopic (exact) mass is 838 g/mol. The van der Waals surface area contributed by atoms with Crippen molar-refractivity contribution in [1.29, 1.82) is 0 Å². The Balaban J connectivity index is 1.04. The molecule has 0 aliphatic carbocycles. The quantitative estimate of drug-likeness (QED) is 0.170. The lowest BCUT2D eigenvalue weighted by Crippen LogP contribution is -2.11. The number of benzene rings is 11. The van der Waals surface area contributed by atoms with Crippen LogP contribution < -0.4 is 9.80 Å². The first-order valence-corrected chi connectivity index (χ1v) is 22.7. The molecule has 0 bridgehead atoms. The molecule has 2 nitrogen and oxygen atoms in total. The Labute approximate surface area is 385 Å². The van der Waals surface area contributed by atoms with E-state index in [1.165, 1.54) is 77.5 Å². The van der Waals surface area contributed by atoms with Crippen molar-refractivity contribution < 1.29 is 0 Å². The molecule has 2 heterocycles. The molecule has 66 heavy (non-hydrogen) atoms. The molecule has 11 aromatic carbocycles. The Morgan fingerprint density at radius 2 is 0.621 bits per heavy atom. The van der Waals surface area contributed by atoms with Crippen LogP contribution in [0.3, 0.4) is 0 Å². The van der Waals surface area contributed by atoms with Gasteiger partial charge in [-0.1, -0.05) is 194 Å². The van der Waals surface area contributed by atoms with Crippen LogP contribution in [0.1, 0.15) is 0 Å². The summed E-state index contributed by atoms with van der Waals surface area (Å²) in [6.45, 7) is 0. The van der Waals surface area contributed by atoms with Crippen LogP contribution in [0.25, 0.3) is 88.7 Å². The highest BCUT2D eigenvalue weighted by Gasteiger charge is 2.29. The number of anilines is 6. The molecule has 0 saturated heterocycles. The molecular formula is C64H42N2. The molecule has 2 heteroatoms. The molecule has 11 aromatic rings. The minimum Gasteiger partial charge on any atom is -0.309 e. The number of fused-ring (bicyclic) bond motifs is 11. The summed E-state index contributed by atoms with van der Waals surface area (Å²) in [6.07, 6.45) is 0. The third kappa shape index (κ3) is 6.26. The van der Waals surface area contributed by atoms with Gasteiger partial charge in [0, 0.05) is 33.6 Å². The zero-order valence-electron chi connectivity index (χ0n) is 36.1. The summed E-state index contributed by atoms with van der Waals surface area (Å²) in [6, 6.07) is 93.7. The van der Waals surface area contributed by atoms with Crippen molar-refractivity contribution in [2.75, 3.05) is 9.80 Å². The van der Waals surface area contributed by atoms with Gasteiger partial charge in [-0.25, -0.2) is 0 Å². The maximum absolute atomic E-state index is 2.49. The maximum Gasteiger partial charge on any atom is 0.0546 e. The standard InChI is InChI=1S/C64H42N2/c1-3-17-43(18-4-1)49-37-50(44-19-5-2-6-20-44)40-52(39-49)66-62-30-16-14-28-58(62)55-25-11-12-26-56(55)60-41-47(33-36-63(60)66)48-32-35-59-54-24-10-9-23-53(54)57-27-13-15-29-61(57)65(64(59)42-48)51-34-31-45-21-7-8-22-46(45)38-51/h1-42H. The normalized spacial score (nSPS) is 12.2. The van der Waals surface area contributed by atoms with Crippen molar-refractivity contribution in [3.63, 3.8) is 0 Å². The number of rotatable bonds is 5. The second kappa shape index (κ2) is 15.5. The first kappa shape index (κ1) is 37.8.